The first-order chi connectivity index (χ1) is 7.66. The number of nitrogens with two attached hydrogens (primary N) is 1. The lowest BCUT2D eigenvalue weighted by Gasteiger charge is -2.09. The highest BCUT2D eigenvalue weighted by Crippen LogP contribution is 2.17. The van der Waals surface area contributed by atoms with Gasteiger partial charge in [-0.25, -0.2) is 0 Å². The molecule has 0 aliphatic carbocycles. The van der Waals surface area contributed by atoms with Gasteiger partial charge in [0.25, 0.3) is 0 Å². The Morgan fingerprint density at radius 1 is 1.31 bits per heavy atom. The summed E-state index contributed by atoms with van der Waals surface area (Å²) in [7, 11) is 0. The summed E-state index contributed by atoms with van der Waals surface area (Å²) in [5, 5.41) is 5.90. The van der Waals surface area contributed by atoms with Gasteiger partial charge < -0.3 is 5.73 Å². The van der Waals surface area contributed by atoms with Crippen molar-refractivity contribution in [1.29, 1.82) is 0 Å². The number of aromatic nitrogens is 2. The number of benzene rings is 1. The minimum atomic E-state index is -0.0548. The molecule has 2 N–H and O–H groups in total. The molecule has 0 saturated heterocycles. The van der Waals surface area contributed by atoms with Crippen molar-refractivity contribution in [2.45, 2.75) is 26.3 Å². The molecule has 1 aromatic heterocycles. The van der Waals surface area contributed by atoms with Gasteiger partial charge in [0.05, 0.1) is 11.7 Å². The van der Waals surface area contributed by atoms with Crippen LogP contribution in [0.3, 0.4) is 0 Å². The molecule has 1 atom stereocenters. The van der Waals surface area contributed by atoms with Crippen molar-refractivity contribution in [3.8, 4) is 0 Å². The predicted octanol–water partition coefficient (Wildman–Crippen LogP) is 2.40. The SMILES string of the molecule is Cc1ccc(CC(N)c2csnn2)cc1C. The quantitative estimate of drug-likeness (QED) is 0.885. The lowest BCUT2D eigenvalue weighted by Crippen LogP contribution is -2.13. The van der Waals surface area contributed by atoms with Crippen molar-refractivity contribution < 1.29 is 0 Å². The molecule has 1 heterocycles. The lowest BCUT2D eigenvalue weighted by molar-refractivity contribution is 0.692. The minimum Gasteiger partial charge on any atom is -0.322 e. The fraction of sp³-hybridized carbons (Fsp3) is 0.333. The third kappa shape index (κ3) is 2.46. The number of hydrogen-bond donors (Lipinski definition) is 1. The first-order valence-electron chi connectivity index (χ1n) is 5.25. The van der Waals surface area contributed by atoms with Crippen LogP contribution in [0.5, 0.6) is 0 Å². The molecule has 0 spiro atoms. The monoisotopic (exact) mass is 233 g/mol. The van der Waals surface area contributed by atoms with Gasteiger partial charge >= 0.3 is 0 Å². The van der Waals surface area contributed by atoms with E-state index in [1.165, 1.54) is 28.2 Å². The van der Waals surface area contributed by atoms with E-state index in [1.54, 1.807) is 0 Å². The van der Waals surface area contributed by atoms with E-state index in [-0.39, 0.29) is 6.04 Å². The average molecular weight is 233 g/mol. The zero-order valence-electron chi connectivity index (χ0n) is 9.47. The second-order valence-electron chi connectivity index (χ2n) is 4.06. The second-order valence-corrected chi connectivity index (χ2v) is 4.67. The van der Waals surface area contributed by atoms with Gasteiger partial charge in [0.15, 0.2) is 0 Å². The van der Waals surface area contributed by atoms with E-state index in [9.17, 15) is 0 Å². The van der Waals surface area contributed by atoms with Gasteiger partial charge in [0, 0.05) is 5.38 Å². The van der Waals surface area contributed by atoms with Crippen LogP contribution in [0.4, 0.5) is 0 Å². The Hall–Kier alpha value is -1.26. The van der Waals surface area contributed by atoms with Crippen LogP contribution in [0.15, 0.2) is 23.6 Å². The highest BCUT2D eigenvalue weighted by molar-refractivity contribution is 7.03. The summed E-state index contributed by atoms with van der Waals surface area (Å²) < 4.78 is 3.83. The van der Waals surface area contributed by atoms with Gasteiger partial charge in [0.1, 0.15) is 0 Å². The molecule has 4 heteroatoms. The maximum absolute atomic E-state index is 6.06. The molecule has 0 aliphatic heterocycles. The van der Waals surface area contributed by atoms with Gasteiger partial charge in [-0.2, -0.15) is 0 Å². The fourth-order valence-corrected chi connectivity index (χ4v) is 2.14. The third-order valence-electron chi connectivity index (χ3n) is 2.78. The third-order valence-corrected chi connectivity index (χ3v) is 3.31. The zero-order chi connectivity index (χ0) is 11.5. The maximum Gasteiger partial charge on any atom is 0.0925 e. The molecule has 0 saturated carbocycles. The van der Waals surface area contributed by atoms with Crippen LogP contribution in [0, 0.1) is 13.8 Å². The van der Waals surface area contributed by atoms with Gasteiger partial charge in [-0.1, -0.05) is 22.7 Å². The van der Waals surface area contributed by atoms with E-state index in [0.717, 1.165) is 12.1 Å². The van der Waals surface area contributed by atoms with Crippen molar-refractivity contribution in [2.24, 2.45) is 5.73 Å². The van der Waals surface area contributed by atoms with E-state index in [2.05, 4.69) is 41.6 Å². The Morgan fingerprint density at radius 3 is 2.75 bits per heavy atom. The summed E-state index contributed by atoms with van der Waals surface area (Å²) in [6.45, 7) is 4.23. The number of rotatable bonds is 3. The normalized spacial score (nSPS) is 12.7. The van der Waals surface area contributed by atoms with Gasteiger partial charge in [-0.05, 0) is 48.5 Å². The molecule has 0 amide bonds. The summed E-state index contributed by atoms with van der Waals surface area (Å²) >= 11 is 1.34. The van der Waals surface area contributed by atoms with Crippen molar-refractivity contribution in [2.75, 3.05) is 0 Å². The summed E-state index contributed by atoms with van der Waals surface area (Å²) in [6, 6.07) is 6.40. The van der Waals surface area contributed by atoms with Gasteiger partial charge in [-0.3, -0.25) is 0 Å². The summed E-state index contributed by atoms with van der Waals surface area (Å²) in [5.74, 6) is 0. The van der Waals surface area contributed by atoms with Gasteiger partial charge in [0.2, 0.25) is 0 Å². The van der Waals surface area contributed by atoms with E-state index in [4.69, 9.17) is 5.73 Å². The molecular weight excluding hydrogens is 218 g/mol. The van der Waals surface area contributed by atoms with Crippen LogP contribution in [-0.2, 0) is 6.42 Å². The zero-order valence-corrected chi connectivity index (χ0v) is 10.3. The molecule has 0 fully saturated rings. The predicted molar refractivity (Wildman–Crippen MR) is 66.5 cm³/mol. The Balaban J connectivity index is 2.12. The number of nitrogens with zero attached hydrogens (tertiary/aromatic N) is 2. The molecule has 0 aliphatic rings. The van der Waals surface area contributed by atoms with Crippen LogP contribution >= 0.6 is 11.5 Å². The highest BCUT2D eigenvalue weighted by atomic mass is 32.1. The van der Waals surface area contributed by atoms with E-state index < -0.39 is 0 Å². The molecule has 2 aromatic rings. The Kier molecular flexibility index (Phi) is 3.31. The van der Waals surface area contributed by atoms with E-state index >= 15 is 0 Å². The molecule has 2 rings (SSSR count). The average Bonchev–Trinajstić information content (AvgIpc) is 2.77. The first kappa shape index (κ1) is 11.2. The number of hydrogen-bond acceptors (Lipinski definition) is 4. The maximum atomic E-state index is 6.06. The molecule has 1 unspecified atom stereocenters. The smallest absolute Gasteiger partial charge is 0.0925 e. The standard InChI is InChI=1S/C12H15N3S/c1-8-3-4-10(5-9(8)2)6-11(13)12-7-16-15-14-12/h3-5,7,11H,6,13H2,1-2H3. The Morgan fingerprint density at radius 2 is 2.12 bits per heavy atom. The lowest BCUT2D eigenvalue weighted by atomic mass is 10.0. The van der Waals surface area contributed by atoms with Crippen molar-refractivity contribution in [3.05, 3.63) is 46.0 Å². The van der Waals surface area contributed by atoms with E-state index in [0.29, 0.717) is 0 Å². The molecule has 16 heavy (non-hydrogen) atoms. The number of aryl methyl sites for hydroxylation is 2. The van der Waals surface area contributed by atoms with Crippen LogP contribution in [-0.4, -0.2) is 9.59 Å². The van der Waals surface area contributed by atoms with Gasteiger partial charge in [-0.15, -0.1) is 5.10 Å². The topological polar surface area (TPSA) is 51.8 Å². The summed E-state index contributed by atoms with van der Waals surface area (Å²) in [4.78, 5) is 0. The van der Waals surface area contributed by atoms with Crippen molar-refractivity contribution in [3.63, 3.8) is 0 Å². The highest BCUT2D eigenvalue weighted by Gasteiger charge is 2.10. The van der Waals surface area contributed by atoms with Crippen LogP contribution in [0.1, 0.15) is 28.4 Å². The molecule has 0 bridgehead atoms. The Labute approximate surface area is 99.5 Å². The van der Waals surface area contributed by atoms with Crippen LogP contribution in [0.25, 0.3) is 0 Å². The van der Waals surface area contributed by atoms with Crippen molar-refractivity contribution >= 4 is 11.5 Å². The van der Waals surface area contributed by atoms with Crippen molar-refractivity contribution in [1.82, 2.24) is 9.59 Å². The molecular formula is C12H15N3S. The molecule has 1 aromatic carbocycles. The second kappa shape index (κ2) is 4.72. The summed E-state index contributed by atoms with van der Waals surface area (Å²) in [5.41, 5.74) is 10.8. The minimum absolute atomic E-state index is 0.0548. The molecule has 3 nitrogen and oxygen atoms in total. The molecule has 84 valence electrons. The van der Waals surface area contributed by atoms with E-state index in [1.807, 2.05) is 5.38 Å². The first-order valence-corrected chi connectivity index (χ1v) is 6.09. The Bertz CT molecular complexity index is 465. The van der Waals surface area contributed by atoms with Crippen LogP contribution in [0.2, 0.25) is 0 Å². The largest absolute Gasteiger partial charge is 0.322 e. The molecule has 0 radical (unpaired) electrons. The van der Waals surface area contributed by atoms with Crippen LogP contribution < -0.4 is 5.73 Å². The summed E-state index contributed by atoms with van der Waals surface area (Å²) in [6.07, 6.45) is 0.812. The fourth-order valence-electron chi connectivity index (χ4n) is 1.62.